The standard InChI is InChI=1S/C36H50O5S/c1-2-3-4-5-6-7-8-9-10-11-12-13-14-21-26-42(37,38)41-36-28-32(30-39-34-22-17-15-18-23-34)27-33(29-36)31-40-35-24-19-16-20-25-35/h15-20,22-25,27-29H,2-14,21,26,30-31H2,1H3. The van der Waals surface area contributed by atoms with Crippen LogP contribution in [0.4, 0.5) is 0 Å². The summed E-state index contributed by atoms with van der Waals surface area (Å²) in [4.78, 5) is 0. The summed E-state index contributed by atoms with van der Waals surface area (Å²) in [6.45, 7) is 2.84. The van der Waals surface area contributed by atoms with Crippen molar-refractivity contribution in [1.29, 1.82) is 0 Å². The molecule has 0 amide bonds. The van der Waals surface area contributed by atoms with Crippen LogP contribution in [-0.4, -0.2) is 14.2 Å². The highest BCUT2D eigenvalue weighted by Gasteiger charge is 2.14. The fraction of sp³-hybridized carbons (Fsp3) is 0.500. The lowest BCUT2D eigenvalue weighted by Crippen LogP contribution is -2.14. The second-order valence-corrected chi connectivity index (χ2v) is 12.8. The molecule has 0 spiro atoms. The Morgan fingerprint density at radius 2 is 0.905 bits per heavy atom. The Balaban J connectivity index is 1.41. The van der Waals surface area contributed by atoms with Crippen molar-refractivity contribution in [3.8, 4) is 17.2 Å². The second kappa shape index (κ2) is 20.0. The Morgan fingerprint density at radius 1 is 0.500 bits per heavy atom. The molecule has 0 radical (unpaired) electrons. The van der Waals surface area contributed by atoms with Crippen molar-refractivity contribution in [2.45, 2.75) is 110 Å². The Hall–Kier alpha value is -2.99. The maximum absolute atomic E-state index is 12.8. The van der Waals surface area contributed by atoms with Crippen LogP contribution in [0.2, 0.25) is 0 Å². The fourth-order valence-corrected chi connectivity index (χ4v) is 6.00. The highest BCUT2D eigenvalue weighted by atomic mass is 32.2. The topological polar surface area (TPSA) is 61.8 Å². The Bertz CT molecular complexity index is 1150. The third kappa shape index (κ3) is 14.8. The van der Waals surface area contributed by atoms with Gasteiger partial charge in [-0.25, -0.2) is 0 Å². The van der Waals surface area contributed by atoms with Gasteiger partial charge in [-0.1, -0.05) is 127 Å². The summed E-state index contributed by atoms with van der Waals surface area (Å²) in [5, 5.41) is 0. The fourth-order valence-electron chi connectivity index (χ4n) is 4.97. The average Bonchev–Trinajstić information content (AvgIpc) is 3.00. The normalized spacial score (nSPS) is 11.4. The second-order valence-electron chi connectivity index (χ2n) is 11.1. The lowest BCUT2D eigenvalue weighted by molar-refractivity contribution is 0.299. The Kier molecular flexibility index (Phi) is 16.0. The van der Waals surface area contributed by atoms with Crippen LogP contribution in [0.3, 0.4) is 0 Å². The molecule has 42 heavy (non-hydrogen) atoms. The predicted molar refractivity (Wildman–Crippen MR) is 173 cm³/mol. The van der Waals surface area contributed by atoms with E-state index in [4.69, 9.17) is 13.7 Å². The summed E-state index contributed by atoms with van der Waals surface area (Å²) in [7, 11) is -3.70. The lowest BCUT2D eigenvalue weighted by Gasteiger charge is -2.13. The first-order valence-electron chi connectivity index (χ1n) is 15.9. The van der Waals surface area contributed by atoms with Gasteiger partial charge in [0.15, 0.2) is 0 Å². The summed E-state index contributed by atoms with van der Waals surface area (Å²) < 4.78 is 43.0. The van der Waals surface area contributed by atoms with Crippen LogP contribution in [0.5, 0.6) is 17.2 Å². The number of benzene rings is 3. The van der Waals surface area contributed by atoms with Gasteiger partial charge in [-0.15, -0.1) is 0 Å². The van der Waals surface area contributed by atoms with Gasteiger partial charge in [-0.3, -0.25) is 0 Å². The van der Waals surface area contributed by atoms with Gasteiger partial charge < -0.3 is 13.7 Å². The maximum Gasteiger partial charge on any atom is 0.309 e. The molecular formula is C36H50O5S. The van der Waals surface area contributed by atoms with Gasteiger partial charge in [0.25, 0.3) is 0 Å². The monoisotopic (exact) mass is 594 g/mol. The van der Waals surface area contributed by atoms with Crippen molar-refractivity contribution < 1.29 is 22.1 Å². The van der Waals surface area contributed by atoms with Crippen LogP contribution in [-0.2, 0) is 23.3 Å². The number of hydrogen-bond acceptors (Lipinski definition) is 5. The molecule has 230 valence electrons. The van der Waals surface area contributed by atoms with Crippen molar-refractivity contribution in [3.63, 3.8) is 0 Å². The smallest absolute Gasteiger partial charge is 0.309 e. The highest BCUT2D eigenvalue weighted by Crippen LogP contribution is 2.23. The van der Waals surface area contributed by atoms with E-state index in [1.54, 1.807) is 12.1 Å². The third-order valence-corrected chi connectivity index (χ3v) is 8.53. The molecule has 3 rings (SSSR count). The minimum atomic E-state index is -3.70. The maximum atomic E-state index is 12.8. The number of unbranched alkanes of at least 4 members (excludes halogenated alkanes) is 13. The van der Waals surface area contributed by atoms with Crippen LogP contribution >= 0.6 is 0 Å². The van der Waals surface area contributed by atoms with E-state index in [0.29, 0.717) is 25.4 Å². The van der Waals surface area contributed by atoms with Gasteiger partial charge in [0.05, 0.1) is 5.75 Å². The molecule has 0 fully saturated rings. The molecule has 3 aromatic rings. The van der Waals surface area contributed by atoms with Gasteiger partial charge >= 0.3 is 10.1 Å². The number of ether oxygens (including phenoxy) is 2. The minimum Gasteiger partial charge on any atom is -0.489 e. The van der Waals surface area contributed by atoms with E-state index in [-0.39, 0.29) is 5.75 Å². The number of rotatable bonds is 23. The predicted octanol–water partition coefficient (Wildman–Crippen LogP) is 10.0. The van der Waals surface area contributed by atoms with E-state index in [2.05, 4.69) is 6.92 Å². The summed E-state index contributed by atoms with van der Waals surface area (Å²) in [6.07, 6.45) is 17.2. The zero-order chi connectivity index (χ0) is 29.7. The largest absolute Gasteiger partial charge is 0.489 e. The zero-order valence-corrected chi connectivity index (χ0v) is 26.3. The average molecular weight is 595 g/mol. The molecule has 6 heteroatoms. The van der Waals surface area contributed by atoms with E-state index in [1.807, 2.05) is 66.7 Å². The van der Waals surface area contributed by atoms with Crippen LogP contribution in [0.25, 0.3) is 0 Å². The van der Waals surface area contributed by atoms with Crippen molar-refractivity contribution in [2.24, 2.45) is 0 Å². The van der Waals surface area contributed by atoms with Gasteiger partial charge in [0.2, 0.25) is 0 Å². The lowest BCUT2D eigenvalue weighted by atomic mass is 10.0. The van der Waals surface area contributed by atoms with Crippen LogP contribution in [0, 0.1) is 0 Å². The molecule has 0 unspecified atom stereocenters. The van der Waals surface area contributed by atoms with Crippen LogP contribution in [0.1, 0.15) is 108 Å². The van der Waals surface area contributed by atoms with Gasteiger partial charge in [0.1, 0.15) is 30.5 Å². The molecule has 0 N–H and O–H groups in total. The molecule has 0 atom stereocenters. The first kappa shape index (κ1) is 33.5. The summed E-state index contributed by atoms with van der Waals surface area (Å²) in [5.41, 5.74) is 1.63. The van der Waals surface area contributed by atoms with E-state index < -0.39 is 10.1 Å². The van der Waals surface area contributed by atoms with Gasteiger partial charge in [-0.2, -0.15) is 8.42 Å². The quantitative estimate of drug-likeness (QED) is 0.0807. The number of para-hydroxylation sites is 2. The van der Waals surface area contributed by atoms with E-state index >= 15 is 0 Å². The van der Waals surface area contributed by atoms with Crippen molar-refractivity contribution in [2.75, 3.05) is 5.75 Å². The molecular weight excluding hydrogens is 544 g/mol. The molecule has 0 saturated heterocycles. The molecule has 0 saturated carbocycles. The third-order valence-electron chi connectivity index (χ3n) is 7.29. The SMILES string of the molecule is CCCCCCCCCCCCCCCCS(=O)(=O)Oc1cc(COc2ccccc2)cc(COc2ccccc2)c1. The molecule has 5 nitrogen and oxygen atoms in total. The van der Waals surface area contributed by atoms with Gasteiger partial charge in [0, 0.05) is 0 Å². The molecule has 3 aromatic carbocycles. The number of hydrogen-bond donors (Lipinski definition) is 0. The zero-order valence-electron chi connectivity index (χ0n) is 25.5. The summed E-state index contributed by atoms with van der Waals surface area (Å²) in [5.74, 6) is 1.81. The first-order valence-corrected chi connectivity index (χ1v) is 17.5. The van der Waals surface area contributed by atoms with E-state index in [9.17, 15) is 8.42 Å². The van der Waals surface area contributed by atoms with Crippen molar-refractivity contribution in [1.82, 2.24) is 0 Å². The Morgan fingerprint density at radius 3 is 1.33 bits per heavy atom. The molecule has 0 aliphatic carbocycles. The summed E-state index contributed by atoms with van der Waals surface area (Å²) >= 11 is 0. The van der Waals surface area contributed by atoms with E-state index in [1.165, 1.54) is 70.6 Å². The molecule has 0 aromatic heterocycles. The van der Waals surface area contributed by atoms with E-state index in [0.717, 1.165) is 35.5 Å². The molecule has 0 aliphatic heterocycles. The van der Waals surface area contributed by atoms with Crippen LogP contribution in [0.15, 0.2) is 78.9 Å². The molecule has 0 aliphatic rings. The van der Waals surface area contributed by atoms with Gasteiger partial charge in [-0.05, 0) is 60.0 Å². The highest BCUT2D eigenvalue weighted by molar-refractivity contribution is 7.87. The molecule has 0 bridgehead atoms. The van der Waals surface area contributed by atoms with Crippen molar-refractivity contribution in [3.05, 3.63) is 90.0 Å². The van der Waals surface area contributed by atoms with Crippen molar-refractivity contribution >= 4 is 10.1 Å². The summed E-state index contributed by atoms with van der Waals surface area (Å²) in [6, 6.07) is 24.5. The van der Waals surface area contributed by atoms with Crippen LogP contribution < -0.4 is 13.7 Å². The Labute approximate surface area is 254 Å². The molecule has 0 heterocycles. The minimum absolute atomic E-state index is 0.0195. The first-order chi connectivity index (χ1) is 20.5.